The third-order valence-electron chi connectivity index (χ3n) is 4.26. The van der Waals surface area contributed by atoms with Crippen molar-refractivity contribution >= 4 is 11.8 Å². The number of aliphatic hydroxyl groups excluding tert-OH is 1. The molecule has 2 unspecified atom stereocenters. The summed E-state index contributed by atoms with van der Waals surface area (Å²) in [7, 11) is 0. The molecule has 0 radical (unpaired) electrons. The van der Waals surface area contributed by atoms with Gasteiger partial charge < -0.3 is 20.5 Å². The van der Waals surface area contributed by atoms with Gasteiger partial charge in [-0.15, -0.1) is 0 Å². The first kappa shape index (κ1) is 20.9. The minimum Gasteiger partial charge on any atom is -0.383 e. The van der Waals surface area contributed by atoms with Crippen molar-refractivity contribution < 1.29 is 19.4 Å². The summed E-state index contributed by atoms with van der Waals surface area (Å²) in [6.07, 6.45) is 1.27. The zero-order chi connectivity index (χ0) is 18.5. The third-order valence-corrected chi connectivity index (χ3v) is 4.26. The fourth-order valence-electron chi connectivity index (χ4n) is 2.11. The molecule has 0 aromatic carbocycles. The predicted molar refractivity (Wildman–Crippen MR) is 93.5 cm³/mol. The Morgan fingerprint density at radius 2 is 1.75 bits per heavy atom. The van der Waals surface area contributed by atoms with Crippen molar-refractivity contribution in [1.82, 2.24) is 10.6 Å². The average molecular weight is 342 g/mol. The number of hydrogen-bond donors (Lipinski definition) is 3. The molecular formula is C18H34N2O4. The van der Waals surface area contributed by atoms with E-state index in [9.17, 15) is 14.7 Å². The molecule has 0 heterocycles. The highest BCUT2D eigenvalue weighted by Crippen LogP contribution is 2.28. The standard InChI is InChI=1S/C18H34N2O4/c1-7-18(5,6)24-14(17(2,3)4)16(23)19-11-10-13(21)15(22)20-12-8-9-12/h12-14,21H,7-11H2,1-6H3,(H,19,23)(H,20,22). The van der Waals surface area contributed by atoms with Gasteiger partial charge in [0, 0.05) is 12.6 Å². The van der Waals surface area contributed by atoms with E-state index in [1.807, 2.05) is 41.5 Å². The highest BCUT2D eigenvalue weighted by molar-refractivity contribution is 5.82. The van der Waals surface area contributed by atoms with Crippen LogP contribution in [0.5, 0.6) is 0 Å². The van der Waals surface area contributed by atoms with Crippen molar-refractivity contribution in [1.29, 1.82) is 0 Å². The Morgan fingerprint density at radius 3 is 2.21 bits per heavy atom. The van der Waals surface area contributed by atoms with Gasteiger partial charge in [0.1, 0.15) is 12.2 Å². The lowest BCUT2D eigenvalue weighted by Gasteiger charge is -2.36. The van der Waals surface area contributed by atoms with Gasteiger partial charge in [0.05, 0.1) is 5.60 Å². The molecule has 1 aliphatic rings. The number of hydrogen-bond acceptors (Lipinski definition) is 4. The Balaban J connectivity index is 2.47. The van der Waals surface area contributed by atoms with Crippen LogP contribution in [0.3, 0.4) is 0 Å². The Hall–Kier alpha value is -1.14. The second-order valence-corrected chi connectivity index (χ2v) is 8.36. The van der Waals surface area contributed by atoms with Gasteiger partial charge in [-0.1, -0.05) is 27.7 Å². The van der Waals surface area contributed by atoms with Crippen molar-refractivity contribution in [3.05, 3.63) is 0 Å². The van der Waals surface area contributed by atoms with E-state index in [-0.39, 0.29) is 41.8 Å². The second kappa shape index (κ2) is 8.30. The van der Waals surface area contributed by atoms with Crippen LogP contribution in [0.2, 0.25) is 0 Å². The summed E-state index contributed by atoms with van der Waals surface area (Å²) in [5, 5.41) is 15.4. The highest BCUT2D eigenvalue weighted by atomic mass is 16.5. The Bertz CT molecular complexity index is 439. The maximum absolute atomic E-state index is 12.5. The molecule has 6 heteroatoms. The molecule has 140 valence electrons. The molecule has 2 atom stereocenters. The van der Waals surface area contributed by atoms with E-state index in [1.54, 1.807) is 0 Å². The van der Waals surface area contributed by atoms with Crippen molar-refractivity contribution in [2.75, 3.05) is 6.54 Å². The van der Waals surface area contributed by atoms with Crippen molar-refractivity contribution in [2.24, 2.45) is 5.41 Å². The van der Waals surface area contributed by atoms with E-state index < -0.39 is 12.2 Å². The molecule has 1 fully saturated rings. The molecule has 0 aromatic heterocycles. The SMILES string of the molecule is CCC(C)(C)OC(C(=O)NCCC(O)C(=O)NC1CC1)C(C)(C)C. The number of aliphatic hydroxyl groups is 1. The molecule has 1 saturated carbocycles. The Labute approximate surface area is 145 Å². The van der Waals surface area contributed by atoms with Crippen molar-refractivity contribution in [3.8, 4) is 0 Å². The van der Waals surface area contributed by atoms with Gasteiger partial charge in [-0.2, -0.15) is 0 Å². The van der Waals surface area contributed by atoms with E-state index >= 15 is 0 Å². The lowest BCUT2D eigenvalue weighted by atomic mass is 9.87. The largest absolute Gasteiger partial charge is 0.383 e. The van der Waals surface area contributed by atoms with Crippen LogP contribution in [0.4, 0.5) is 0 Å². The smallest absolute Gasteiger partial charge is 0.249 e. The van der Waals surface area contributed by atoms with Gasteiger partial charge in [-0.25, -0.2) is 0 Å². The highest BCUT2D eigenvalue weighted by Gasteiger charge is 2.36. The molecule has 6 nitrogen and oxygen atoms in total. The molecule has 0 aromatic rings. The van der Waals surface area contributed by atoms with Gasteiger partial charge in [0.15, 0.2) is 0 Å². The van der Waals surface area contributed by atoms with E-state index in [1.165, 1.54) is 0 Å². The Kier molecular flexibility index (Phi) is 7.23. The Morgan fingerprint density at radius 1 is 1.17 bits per heavy atom. The van der Waals surface area contributed by atoms with Crippen LogP contribution in [0.25, 0.3) is 0 Å². The van der Waals surface area contributed by atoms with E-state index in [4.69, 9.17) is 4.74 Å². The predicted octanol–water partition coefficient (Wildman–Crippen LogP) is 1.75. The van der Waals surface area contributed by atoms with Crippen LogP contribution in [-0.2, 0) is 14.3 Å². The molecule has 0 bridgehead atoms. The summed E-state index contributed by atoms with van der Waals surface area (Å²) in [6, 6.07) is 0.219. The first-order valence-corrected chi connectivity index (χ1v) is 8.90. The molecule has 0 aliphatic heterocycles. The van der Waals surface area contributed by atoms with E-state index in [0.717, 1.165) is 19.3 Å². The van der Waals surface area contributed by atoms with Crippen LogP contribution in [0.1, 0.15) is 67.2 Å². The molecule has 0 saturated heterocycles. The van der Waals surface area contributed by atoms with Crippen molar-refractivity contribution in [3.63, 3.8) is 0 Å². The minimum atomic E-state index is -1.09. The number of carbonyl (C=O) groups excluding carboxylic acids is 2. The molecule has 2 amide bonds. The summed E-state index contributed by atoms with van der Waals surface area (Å²) >= 11 is 0. The van der Waals surface area contributed by atoms with Crippen LogP contribution in [0.15, 0.2) is 0 Å². The lowest BCUT2D eigenvalue weighted by molar-refractivity contribution is -0.158. The minimum absolute atomic E-state index is 0.193. The summed E-state index contributed by atoms with van der Waals surface area (Å²) in [4.78, 5) is 24.2. The number of ether oxygens (including phenoxy) is 1. The number of rotatable bonds is 9. The van der Waals surface area contributed by atoms with Gasteiger partial charge in [-0.3, -0.25) is 9.59 Å². The van der Waals surface area contributed by atoms with E-state index in [0.29, 0.717) is 0 Å². The molecule has 24 heavy (non-hydrogen) atoms. The topological polar surface area (TPSA) is 87.7 Å². The average Bonchev–Trinajstić information content (AvgIpc) is 3.27. The number of carbonyl (C=O) groups is 2. The van der Waals surface area contributed by atoms with Crippen molar-refractivity contribution in [2.45, 2.75) is 91.1 Å². The van der Waals surface area contributed by atoms with Gasteiger partial charge >= 0.3 is 0 Å². The monoisotopic (exact) mass is 342 g/mol. The van der Waals surface area contributed by atoms with Gasteiger partial charge in [-0.05, 0) is 44.9 Å². The molecule has 1 aliphatic carbocycles. The van der Waals surface area contributed by atoms with Gasteiger partial charge in [0.25, 0.3) is 0 Å². The molecular weight excluding hydrogens is 308 g/mol. The fraction of sp³-hybridized carbons (Fsp3) is 0.889. The summed E-state index contributed by atoms with van der Waals surface area (Å²) in [6.45, 7) is 12.1. The lowest BCUT2D eigenvalue weighted by Crippen LogP contribution is -2.49. The quantitative estimate of drug-likeness (QED) is 0.596. The van der Waals surface area contributed by atoms with Crippen LogP contribution in [0, 0.1) is 5.41 Å². The number of amides is 2. The van der Waals surface area contributed by atoms with Crippen LogP contribution >= 0.6 is 0 Å². The summed E-state index contributed by atoms with van der Waals surface area (Å²) in [5.74, 6) is -0.568. The maximum atomic E-state index is 12.5. The zero-order valence-corrected chi connectivity index (χ0v) is 15.9. The fourth-order valence-corrected chi connectivity index (χ4v) is 2.11. The summed E-state index contributed by atoms with van der Waals surface area (Å²) < 4.78 is 6.03. The number of nitrogens with one attached hydrogen (secondary N) is 2. The molecule has 1 rings (SSSR count). The normalized spacial score (nSPS) is 18.0. The zero-order valence-electron chi connectivity index (χ0n) is 15.9. The first-order valence-electron chi connectivity index (χ1n) is 8.90. The van der Waals surface area contributed by atoms with Crippen LogP contribution in [-0.4, -0.2) is 47.3 Å². The third kappa shape index (κ3) is 7.18. The van der Waals surface area contributed by atoms with E-state index in [2.05, 4.69) is 10.6 Å². The second-order valence-electron chi connectivity index (χ2n) is 8.36. The summed E-state index contributed by atoms with van der Waals surface area (Å²) in [5.41, 5.74) is -0.739. The maximum Gasteiger partial charge on any atom is 0.249 e. The van der Waals surface area contributed by atoms with Gasteiger partial charge in [0.2, 0.25) is 11.8 Å². The molecule has 3 N–H and O–H groups in total. The first-order chi connectivity index (χ1) is 11.0. The molecule has 0 spiro atoms. The van der Waals surface area contributed by atoms with Crippen LogP contribution < -0.4 is 10.6 Å².